The Morgan fingerprint density at radius 1 is 0.861 bits per heavy atom. The van der Waals surface area contributed by atoms with Gasteiger partial charge in [0.05, 0.1) is 27.4 Å². The van der Waals surface area contributed by atoms with Gasteiger partial charge < -0.3 is 4.74 Å². The summed E-state index contributed by atoms with van der Waals surface area (Å²) in [5.74, 6) is 2.79. The van der Waals surface area contributed by atoms with Crippen LogP contribution >= 0.6 is 15.9 Å². The number of para-hydroxylation sites is 1. The van der Waals surface area contributed by atoms with Gasteiger partial charge in [0.25, 0.3) is 0 Å². The first-order valence-corrected chi connectivity index (χ1v) is 12.8. The lowest BCUT2D eigenvalue weighted by Gasteiger charge is -2.14. The number of benzene rings is 3. The predicted molar refractivity (Wildman–Crippen MR) is 149 cm³/mol. The van der Waals surface area contributed by atoms with Gasteiger partial charge in [-0.3, -0.25) is 4.57 Å². The van der Waals surface area contributed by atoms with E-state index in [4.69, 9.17) is 4.74 Å². The first-order chi connectivity index (χ1) is 17.5. The highest BCUT2D eigenvalue weighted by Gasteiger charge is 2.15. The molecule has 0 fully saturated rings. The van der Waals surface area contributed by atoms with Crippen molar-refractivity contribution in [3.63, 3.8) is 0 Å². The maximum absolute atomic E-state index is 6.47. The molecule has 0 saturated carbocycles. The van der Waals surface area contributed by atoms with Crippen LogP contribution in [0.15, 0.2) is 95.9 Å². The van der Waals surface area contributed by atoms with Gasteiger partial charge in [-0.1, -0.05) is 32.0 Å². The zero-order valence-electron chi connectivity index (χ0n) is 20.3. The lowest BCUT2D eigenvalue weighted by Crippen LogP contribution is -1.99. The average Bonchev–Trinajstić information content (AvgIpc) is 3.45. The van der Waals surface area contributed by atoms with Crippen LogP contribution in [-0.2, 0) is 0 Å². The van der Waals surface area contributed by atoms with E-state index < -0.39 is 0 Å². The number of aryl methyl sites for hydroxylation is 1. The van der Waals surface area contributed by atoms with Crippen molar-refractivity contribution in [2.75, 3.05) is 0 Å². The molecular formula is C30H25BrN4O. The number of pyridine rings is 1. The van der Waals surface area contributed by atoms with E-state index in [0.717, 1.165) is 38.5 Å². The van der Waals surface area contributed by atoms with Crippen molar-refractivity contribution in [1.82, 2.24) is 19.3 Å². The molecule has 0 aliphatic rings. The second kappa shape index (κ2) is 8.95. The van der Waals surface area contributed by atoms with Crippen LogP contribution in [0.1, 0.15) is 30.9 Å². The summed E-state index contributed by atoms with van der Waals surface area (Å²) in [7, 11) is 0. The van der Waals surface area contributed by atoms with Crippen molar-refractivity contribution < 1.29 is 4.74 Å². The SMILES string of the molecule is Cc1ccnc(-n2c3ccccc3c3ccc(Oc4cc(C(C)C)cc(-n5cc(Br)cn5)c4)cc32)c1. The third-order valence-corrected chi connectivity index (χ3v) is 6.82. The number of hydrogen-bond acceptors (Lipinski definition) is 3. The number of halogens is 1. The fourth-order valence-electron chi connectivity index (χ4n) is 4.61. The van der Waals surface area contributed by atoms with Gasteiger partial charge in [-0.05, 0) is 82.4 Å². The van der Waals surface area contributed by atoms with E-state index in [2.05, 4.69) is 106 Å². The molecule has 0 aliphatic heterocycles. The summed E-state index contributed by atoms with van der Waals surface area (Å²) in [6.07, 6.45) is 5.59. The van der Waals surface area contributed by atoms with Crippen LogP contribution in [-0.4, -0.2) is 19.3 Å². The van der Waals surface area contributed by atoms with E-state index in [9.17, 15) is 0 Å². The number of hydrogen-bond donors (Lipinski definition) is 0. The lowest BCUT2D eigenvalue weighted by atomic mass is 10.0. The number of ether oxygens (including phenoxy) is 1. The van der Waals surface area contributed by atoms with Crippen molar-refractivity contribution >= 4 is 37.7 Å². The van der Waals surface area contributed by atoms with Crippen molar-refractivity contribution in [2.45, 2.75) is 26.7 Å². The molecule has 3 aromatic heterocycles. The molecule has 6 heteroatoms. The Balaban J connectivity index is 1.49. The number of fused-ring (bicyclic) bond motifs is 3. The van der Waals surface area contributed by atoms with Gasteiger partial charge in [-0.25, -0.2) is 9.67 Å². The molecule has 36 heavy (non-hydrogen) atoms. The molecule has 0 N–H and O–H groups in total. The van der Waals surface area contributed by atoms with E-state index in [0.29, 0.717) is 5.92 Å². The molecule has 0 amide bonds. The summed E-state index contributed by atoms with van der Waals surface area (Å²) >= 11 is 3.49. The fraction of sp³-hybridized carbons (Fsp3) is 0.133. The Morgan fingerprint density at radius 2 is 1.69 bits per heavy atom. The molecular weight excluding hydrogens is 512 g/mol. The molecule has 0 bridgehead atoms. The molecule has 0 aliphatic carbocycles. The van der Waals surface area contributed by atoms with E-state index in [1.54, 1.807) is 6.20 Å². The molecule has 6 aromatic rings. The van der Waals surface area contributed by atoms with E-state index in [1.165, 1.54) is 21.9 Å². The fourth-order valence-corrected chi connectivity index (χ4v) is 4.90. The van der Waals surface area contributed by atoms with Crippen molar-refractivity contribution in [2.24, 2.45) is 0 Å². The molecule has 6 rings (SSSR count). The minimum atomic E-state index is 0.351. The highest BCUT2D eigenvalue weighted by Crippen LogP contribution is 2.36. The van der Waals surface area contributed by atoms with Gasteiger partial charge in [-0.2, -0.15) is 5.10 Å². The second-order valence-corrected chi connectivity index (χ2v) is 10.3. The Kier molecular flexibility index (Phi) is 5.61. The predicted octanol–water partition coefficient (Wildman–Crippen LogP) is 8.35. The van der Waals surface area contributed by atoms with Gasteiger partial charge in [-0.15, -0.1) is 0 Å². The Hall–Kier alpha value is -3.90. The average molecular weight is 537 g/mol. The minimum Gasteiger partial charge on any atom is -0.457 e. The summed E-state index contributed by atoms with van der Waals surface area (Å²) < 4.78 is 11.5. The Bertz CT molecular complexity index is 1730. The zero-order valence-corrected chi connectivity index (χ0v) is 21.9. The molecule has 3 heterocycles. The van der Waals surface area contributed by atoms with Crippen molar-refractivity contribution in [1.29, 1.82) is 0 Å². The first-order valence-electron chi connectivity index (χ1n) is 12.0. The van der Waals surface area contributed by atoms with Crippen LogP contribution in [0.4, 0.5) is 0 Å². The summed E-state index contributed by atoms with van der Waals surface area (Å²) in [4.78, 5) is 4.68. The smallest absolute Gasteiger partial charge is 0.137 e. The monoisotopic (exact) mass is 536 g/mol. The normalized spacial score (nSPS) is 11.6. The lowest BCUT2D eigenvalue weighted by molar-refractivity contribution is 0.481. The Labute approximate surface area is 218 Å². The topological polar surface area (TPSA) is 44.9 Å². The van der Waals surface area contributed by atoms with E-state index >= 15 is 0 Å². The number of rotatable bonds is 5. The van der Waals surface area contributed by atoms with Gasteiger partial charge in [0, 0.05) is 35.3 Å². The molecule has 0 unspecified atom stereocenters. The summed E-state index contributed by atoms with van der Waals surface area (Å²) in [5, 5.41) is 6.81. The zero-order chi connectivity index (χ0) is 24.8. The van der Waals surface area contributed by atoms with Gasteiger partial charge in [0.15, 0.2) is 0 Å². The summed E-state index contributed by atoms with van der Waals surface area (Å²) in [5.41, 5.74) is 5.50. The summed E-state index contributed by atoms with van der Waals surface area (Å²) in [6, 6.07) is 25.1. The number of aromatic nitrogens is 4. The van der Waals surface area contributed by atoms with Crippen LogP contribution in [0.2, 0.25) is 0 Å². The minimum absolute atomic E-state index is 0.351. The highest BCUT2D eigenvalue weighted by molar-refractivity contribution is 9.10. The second-order valence-electron chi connectivity index (χ2n) is 9.34. The number of nitrogens with zero attached hydrogens (tertiary/aromatic N) is 4. The van der Waals surface area contributed by atoms with Gasteiger partial charge in [0.2, 0.25) is 0 Å². The third-order valence-electron chi connectivity index (χ3n) is 6.41. The standard InChI is InChI=1S/C30H25BrN4O/c1-19(2)21-13-23(34-18-22(31)17-33-34)15-25(14-21)36-24-8-9-27-26-6-4-5-7-28(26)35(29(27)16-24)30-12-20(3)10-11-32-30/h4-19H,1-3H3. The molecule has 0 saturated heterocycles. The molecule has 5 nitrogen and oxygen atoms in total. The molecule has 0 spiro atoms. The maximum atomic E-state index is 6.47. The van der Waals surface area contributed by atoms with Crippen molar-refractivity contribution in [3.8, 4) is 23.0 Å². The van der Waals surface area contributed by atoms with E-state index in [1.807, 2.05) is 35.3 Å². The van der Waals surface area contributed by atoms with Crippen molar-refractivity contribution in [3.05, 3.63) is 107 Å². The molecule has 0 radical (unpaired) electrons. The molecule has 3 aromatic carbocycles. The van der Waals surface area contributed by atoms with Crippen LogP contribution in [0.25, 0.3) is 33.3 Å². The quantitative estimate of drug-likeness (QED) is 0.222. The summed E-state index contributed by atoms with van der Waals surface area (Å²) in [6.45, 7) is 6.45. The van der Waals surface area contributed by atoms with Crippen LogP contribution in [0.5, 0.6) is 11.5 Å². The van der Waals surface area contributed by atoms with Crippen LogP contribution in [0, 0.1) is 6.92 Å². The molecule has 178 valence electrons. The first kappa shape index (κ1) is 22.6. The van der Waals surface area contributed by atoms with Crippen LogP contribution < -0.4 is 4.74 Å². The highest BCUT2D eigenvalue weighted by atomic mass is 79.9. The third kappa shape index (κ3) is 4.07. The largest absolute Gasteiger partial charge is 0.457 e. The molecule has 0 atom stereocenters. The van der Waals surface area contributed by atoms with E-state index in [-0.39, 0.29) is 0 Å². The van der Waals surface area contributed by atoms with Gasteiger partial charge in [0.1, 0.15) is 17.3 Å². The van der Waals surface area contributed by atoms with Crippen LogP contribution in [0.3, 0.4) is 0 Å². The Morgan fingerprint density at radius 3 is 2.47 bits per heavy atom. The maximum Gasteiger partial charge on any atom is 0.137 e. The van der Waals surface area contributed by atoms with Gasteiger partial charge >= 0.3 is 0 Å².